The third-order valence-corrected chi connectivity index (χ3v) is 5.63. The molecule has 146 valence electrons. The van der Waals surface area contributed by atoms with E-state index >= 15 is 0 Å². The van der Waals surface area contributed by atoms with Crippen LogP contribution in [0, 0.1) is 5.92 Å². The molecule has 0 aliphatic heterocycles. The second-order valence-electron chi connectivity index (χ2n) is 8.25. The summed E-state index contributed by atoms with van der Waals surface area (Å²) in [5, 5.41) is 10.6. The van der Waals surface area contributed by atoms with Gasteiger partial charge in [0.2, 0.25) is 0 Å². The summed E-state index contributed by atoms with van der Waals surface area (Å²) in [5.41, 5.74) is 1.26. The van der Waals surface area contributed by atoms with Crippen molar-refractivity contribution in [2.45, 2.75) is 92.1 Å². The minimum atomic E-state index is -0.860. The van der Waals surface area contributed by atoms with E-state index < -0.39 is 5.60 Å². The summed E-state index contributed by atoms with van der Waals surface area (Å²) in [6, 6.07) is 0. The van der Waals surface area contributed by atoms with E-state index in [1.165, 1.54) is 0 Å². The maximum absolute atomic E-state index is 12.5. The summed E-state index contributed by atoms with van der Waals surface area (Å²) < 4.78 is 0. The number of Topliss-reactive ketones (excluding diaryl/α,β-unsaturated/α-hetero) is 3. The van der Waals surface area contributed by atoms with E-state index in [2.05, 4.69) is 6.92 Å². The van der Waals surface area contributed by atoms with Gasteiger partial charge in [0, 0.05) is 28.7 Å². The number of hydrogen-bond donors (Lipinski definition) is 1. The molecular formula is C22H34O4. The zero-order chi connectivity index (χ0) is 20.1. The Bertz CT molecular complexity index is 635. The number of carbonyl (C=O) groups is 3. The van der Waals surface area contributed by atoms with E-state index in [1.807, 2.05) is 0 Å². The molecule has 1 rings (SSSR count). The fourth-order valence-electron chi connectivity index (χ4n) is 3.40. The van der Waals surface area contributed by atoms with Gasteiger partial charge in [0.05, 0.1) is 5.60 Å². The smallest absolute Gasteiger partial charge is 0.185 e. The van der Waals surface area contributed by atoms with Crippen molar-refractivity contribution in [2.24, 2.45) is 5.92 Å². The lowest BCUT2D eigenvalue weighted by atomic mass is 9.81. The Morgan fingerprint density at radius 1 is 1.00 bits per heavy atom. The first-order valence-corrected chi connectivity index (χ1v) is 9.64. The summed E-state index contributed by atoms with van der Waals surface area (Å²) in [6.07, 6.45) is 4.91. The molecule has 0 aromatic carbocycles. The van der Waals surface area contributed by atoms with Crippen LogP contribution in [0.3, 0.4) is 0 Å². The average molecular weight is 363 g/mol. The number of aliphatic hydroxyl groups is 1. The van der Waals surface area contributed by atoms with Crippen LogP contribution in [0.1, 0.15) is 86.5 Å². The molecule has 0 bridgehead atoms. The van der Waals surface area contributed by atoms with Gasteiger partial charge in [-0.15, -0.1) is 0 Å². The molecule has 26 heavy (non-hydrogen) atoms. The Kier molecular flexibility index (Phi) is 8.14. The van der Waals surface area contributed by atoms with Crippen LogP contribution in [0.2, 0.25) is 0 Å². The molecule has 0 spiro atoms. The first-order valence-electron chi connectivity index (χ1n) is 9.64. The summed E-state index contributed by atoms with van der Waals surface area (Å²) in [6.45, 7) is 10.6. The second-order valence-corrected chi connectivity index (χ2v) is 8.25. The number of carbonyl (C=O) groups excluding carboxylic acids is 3. The van der Waals surface area contributed by atoms with Crippen molar-refractivity contribution in [3.05, 3.63) is 22.3 Å². The van der Waals surface area contributed by atoms with Gasteiger partial charge in [0.25, 0.3) is 0 Å². The van der Waals surface area contributed by atoms with E-state index in [-0.39, 0.29) is 17.3 Å². The molecule has 0 aromatic rings. The van der Waals surface area contributed by atoms with E-state index in [4.69, 9.17) is 0 Å². The third-order valence-electron chi connectivity index (χ3n) is 5.63. The van der Waals surface area contributed by atoms with Crippen molar-refractivity contribution < 1.29 is 19.5 Å². The maximum Gasteiger partial charge on any atom is 0.185 e. The molecule has 1 N–H and O–H groups in total. The lowest BCUT2D eigenvalue weighted by Crippen LogP contribution is -2.27. The van der Waals surface area contributed by atoms with Gasteiger partial charge in [0.15, 0.2) is 11.6 Å². The van der Waals surface area contributed by atoms with Gasteiger partial charge in [-0.1, -0.05) is 19.8 Å². The van der Waals surface area contributed by atoms with Crippen LogP contribution in [-0.4, -0.2) is 28.1 Å². The molecule has 0 saturated carbocycles. The molecule has 0 heterocycles. The molecule has 0 amide bonds. The highest BCUT2D eigenvalue weighted by Crippen LogP contribution is 2.30. The van der Waals surface area contributed by atoms with E-state index in [1.54, 1.807) is 34.6 Å². The zero-order valence-electron chi connectivity index (χ0n) is 17.2. The molecule has 0 unspecified atom stereocenters. The average Bonchev–Trinajstić information content (AvgIpc) is 2.56. The Balaban J connectivity index is 2.54. The standard InChI is InChI=1S/C22H34O4/c1-14(9-10-15(2)23)8-7-12-22(6,26)13-11-19-18(5)20(24)16(3)17(4)21(19)25/h14,26H,7-13H2,1-6H3/t14-,22+/m0/s1. The van der Waals surface area contributed by atoms with Crippen molar-refractivity contribution in [2.75, 3.05) is 0 Å². The highest BCUT2D eigenvalue weighted by Gasteiger charge is 2.29. The minimum Gasteiger partial charge on any atom is -0.390 e. The number of hydrogen-bond acceptors (Lipinski definition) is 4. The molecule has 2 atom stereocenters. The van der Waals surface area contributed by atoms with Crippen LogP contribution in [-0.2, 0) is 14.4 Å². The number of ketones is 3. The van der Waals surface area contributed by atoms with Gasteiger partial charge in [-0.3, -0.25) is 9.59 Å². The van der Waals surface area contributed by atoms with Crippen molar-refractivity contribution >= 4 is 17.3 Å². The maximum atomic E-state index is 12.5. The highest BCUT2D eigenvalue weighted by atomic mass is 16.3. The van der Waals surface area contributed by atoms with E-state index in [9.17, 15) is 19.5 Å². The van der Waals surface area contributed by atoms with Crippen LogP contribution in [0.4, 0.5) is 0 Å². The molecule has 0 saturated heterocycles. The molecule has 4 heteroatoms. The Hall–Kier alpha value is -1.55. The van der Waals surface area contributed by atoms with E-state index in [0.717, 1.165) is 19.3 Å². The van der Waals surface area contributed by atoms with Gasteiger partial charge < -0.3 is 9.90 Å². The van der Waals surface area contributed by atoms with Crippen molar-refractivity contribution in [3.8, 4) is 0 Å². The summed E-state index contributed by atoms with van der Waals surface area (Å²) >= 11 is 0. The van der Waals surface area contributed by atoms with Crippen LogP contribution in [0.5, 0.6) is 0 Å². The fraction of sp³-hybridized carbons (Fsp3) is 0.682. The Morgan fingerprint density at radius 2 is 1.58 bits per heavy atom. The SMILES string of the molecule is CC(=O)CC[C@@H](C)CCC[C@@](C)(O)CCC1=C(C)C(=O)C(C)=C(C)C1=O. The number of rotatable bonds is 10. The summed E-state index contributed by atoms with van der Waals surface area (Å²) in [5.74, 6) is 0.566. The van der Waals surface area contributed by atoms with Crippen LogP contribution in [0.25, 0.3) is 0 Å². The molecule has 4 nitrogen and oxygen atoms in total. The molecule has 0 radical (unpaired) electrons. The van der Waals surface area contributed by atoms with Crippen LogP contribution < -0.4 is 0 Å². The molecule has 0 fully saturated rings. The molecule has 1 aliphatic carbocycles. The third kappa shape index (κ3) is 6.31. The lowest BCUT2D eigenvalue weighted by Gasteiger charge is -2.26. The normalized spacial score (nSPS) is 19.0. The predicted octanol–water partition coefficient (Wildman–Crippen LogP) is 4.50. The fourth-order valence-corrected chi connectivity index (χ4v) is 3.40. The van der Waals surface area contributed by atoms with E-state index in [0.29, 0.717) is 53.9 Å². The van der Waals surface area contributed by atoms with Gasteiger partial charge in [-0.2, -0.15) is 0 Å². The quantitative estimate of drug-likeness (QED) is 0.581. The predicted molar refractivity (Wildman–Crippen MR) is 104 cm³/mol. The molecule has 0 aromatic heterocycles. The molecule has 1 aliphatic rings. The largest absolute Gasteiger partial charge is 0.390 e. The van der Waals surface area contributed by atoms with Gasteiger partial charge >= 0.3 is 0 Å². The van der Waals surface area contributed by atoms with Crippen molar-refractivity contribution in [1.82, 2.24) is 0 Å². The monoisotopic (exact) mass is 362 g/mol. The van der Waals surface area contributed by atoms with Gasteiger partial charge in [-0.05, 0) is 66.2 Å². The van der Waals surface area contributed by atoms with Crippen LogP contribution in [0.15, 0.2) is 22.3 Å². The van der Waals surface area contributed by atoms with Crippen molar-refractivity contribution in [1.29, 1.82) is 0 Å². The second kappa shape index (κ2) is 9.40. The topological polar surface area (TPSA) is 71.4 Å². The van der Waals surface area contributed by atoms with Crippen molar-refractivity contribution in [3.63, 3.8) is 0 Å². The number of allylic oxidation sites excluding steroid dienone is 4. The highest BCUT2D eigenvalue weighted by molar-refractivity contribution is 6.24. The summed E-state index contributed by atoms with van der Waals surface area (Å²) in [4.78, 5) is 35.7. The van der Waals surface area contributed by atoms with Gasteiger partial charge in [-0.25, -0.2) is 0 Å². The van der Waals surface area contributed by atoms with Gasteiger partial charge in [0.1, 0.15) is 5.78 Å². The first-order chi connectivity index (χ1) is 12.0. The van der Waals surface area contributed by atoms with Crippen LogP contribution >= 0.6 is 0 Å². The molecular weight excluding hydrogens is 328 g/mol. The first kappa shape index (κ1) is 22.5. The lowest BCUT2D eigenvalue weighted by molar-refractivity contribution is -0.117. The Labute approximate surface area is 157 Å². The summed E-state index contributed by atoms with van der Waals surface area (Å²) in [7, 11) is 0. The Morgan fingerprint density at radius 3 is 2.15 bits per heavy atom. The minimum absolute atomic E-state index is 0.0592. The zero-order valence-corrected chi connectivity index (χ0v) is 17.2.